The van der Waals surface area contributed by atoms with E-state index in [-0.39, 0.29) is 11.8 Å². The number of nitrogens with zero attached hydrogens (tertiary/aromatic N) is 1. The molecule has 2 heterocycles. The molecule has 4 rings (SSSR count). The van der Waals surface area contributed by atoms with E-state index in [1.807, 2.05) is 24.3 Å². The smallest absolute Gasteiger partial charge is 0.337 e. The van der Waals surface area contributed by atoms with Gasteiger partial charge in [0.25, 0.3) is 0 Å². The first-order valence-electron chi connectivity index (χ1n) is 9.63. The lowest BCUT2D eigenvalue weighted by Crippen LogP contribution is -2.52. The van der Waals surface area contributed by atoms with E-state index in [2.05, 4.69) is 0 Å². The minimum absolute atomic E-state index is 0.259. The van der Waals surface area contributed by atoms with Crippen molar-refractivity contribution in [1.82, 2.24) is 4.90 Å². The second-order valence-corrected chi connectivity index (χ2v) is 8.49. The number of carbonyl (C=O) groups excluding carboxylic acids is 3. The van der Waals surface area contributed by atoms with Gasteiger partial charge >= 0.3 is 11.9 Å². The largest absolute Gasteiger partial charge is 0.467 e. The van der Waals surface area contributed by atoms with E-state index >= 15 is 0 Å². The summed E-state index contributed by atoms with van der Waals surface area (Å²) in [4.78, 5) is 40.0. The normalized spacial score (nSPS) is 17.8. The van der Waals surface area contributed by atoms with Gasteiger partial charge in [0.05, 0.1) is 25.8 Å². The number of hydrogen-bond acceptors (Lipinski definition) is 6. The molecule has 0 aliphatic carbocycles. The molecule has 2 atom stereocenters. The fourth-order valence-corrected chi connectivity index (χ4v) is 5.60. The molecule has 0 saturated heterocycles. The third-order valence-corrected chi connectivity index (χ3v) is 7.01. The summed E-state index contributed by atoms with van der Waals surface area (Å²) in [7, 11) is 2.63. The average molecular weight is 458 g/mol. The molecule has 0 fully saturated rings. The van der Waals surface area contributed by atoms with Crippen molar-refractivity contribution < 1.29 is 23.9 Å². The SMILES string of the molecule is COC(=O)c1ccc([C@H]2c3sc4ccccc4c3C[C@H](C(=O)OC)N2C(=O)CCl)cc1. The van der Waals surface area contributed by atoms with E-state index in [1.165, 1.54) is 19.1 Å². The van der Waals surface area contributed by atoms with E-state index in [0.717, 1.165) is 26.1 Å². The zero-order valence-corrected chi connectivity index (χ0v) is 18.5. The molecule has 160 valence electrons. The Hall–Kier alpha value is -2.90. The predicted molar refractivity (Wildman–Crippen MR) is 119 cm³/mol. The van der Waals surface area contributed by atoms with Crippen molar-refractivity contribution in [3.63, 3.8) is 0 Å². The third kappa shape index (κ3) is 3.68. The number of rotatable bonds is 4. The van der Waals surface area contributed by atoms with Crippen LogP contribution >= 0.6 is 22.9 Å². The van der Waals surface area contributed by atoms with Gasteiger partial charge in [0.2, 0.25) is 5.91 Å². The summed E-state index contributed by atoms with van der Waals surface area (Å²) in [5.74, 6) is -1.55. The zero-order valence-electron chi connectivity index (χ0n) is 17.0. The maximum absolute atomic E-state index is 12.9. The highest BCUT2D eigenvalue weighted by atomic mass is 35.5. The highest BCUT2D eigenvalue weighted by Gasteiger charge is 2.43. The second-order valence-electron chi connectivity index (χ2n) is 7.13. The molecule has 1 aliphatic rings. The standard InChI is InChI=1S/C23H20ClNO5S/c1-29-22(27)14-9-7-13(8-10-14)20-21-16(15-5-3-4-6-18(15)31-21)11-17(23(28)30-2)25(20)19(26)12-24/h3-10,17,20H,11-12H2,1-2H3/t17-,20+/m1/s1. The molecule has 0 N–H and O–H groups in total. The molecule has 0 unspecified atom stereocenters. The first kappa shape index (κ1) is 21.3. The van der Waals surface area contributed by atoms with Gasteiger partial charge in [0, 0.05) is 16.0 Å². The van der Waals surface area contributed by atoms with Crippen LogP contribution in [0.15, 0.2) is 48.5 Å². The molecule has 1 aliphatic heterocycles. The van der Waals surface area contributed by atoms with E-state index < -0.39 is 24.0 Å². The number of benzene rings is 2. The lowest BCUT2D eigenvalue weighted by Gasteiger charge is -2.40. The average Bonchev–Trinajstić information content (AvgIpc) is 3.19. The van der Waals surface area contributed by atoms with E-state index in [0.29, 0.717) is 12.0 Å². The van der Waals surface area contributed by atoms with Gasteiger partial charge in [0.1, 0.15) is 11.9 Å². The van der Waals surface area contributed by atoms with Gasteiger partial charge < -0.3 is 14.4 Å². The van der Waals surface area contributed by atoms with Gasteiger partial charge in [-0.1, -0.05) is 30.3 Å². The Morgan fingerprint density at radius 1 is 1.06 bits per heavy atom. The van der Waals surface area contributed by atoms with E-state index in [4.69, 9.17) is 21.1 Å². The quantitative estimate of drug-likeness (QED) is 0.438. The number of ether oxygens (including phenoxy) is 2. The maximum Gasteiger partial charge on any atom is 0.337 e. The molecule has 8 heteroatoms. The van der Waals surface area contributed by atoms with Gasteiger partial charge in [-0.25, -0.2) is 9.59 Å². The van der Waals surface area contributed by atoms with Gasteiger partial charge in [-0.3, -0.25) is 4.79 Å². The Kier molecular flexibility index (Phi) is 5.98. The summed E-state index contributed by atoms with van der Waals surface area (Å²) in [6, 6.07) is 13.5. The molecule has 0 saturated carbocycles. The molecule has 1 amide bonds. The number of alkyl halides is 1. The van der Waals surface area contributed by atoms with Crippen LogP contribution in [0.5, 0.6) is 0 Å². The number of methoxy groups -OCH3 is 2. The second kappa shape index (κ2) is 8.69. The number of thiophene rings is 1. The fraction of sp³-hybridized carbons (Fsp3) is 0.261. The number of carbonyl (C=O) groups is 3. The van der Waals surface area contributed by atoms with Crippen LogP contribution in [0.3, 0.4) is 0 Å². The van der Waals surface area contributed by atoms with Crippen LogP contribution in [0.1, 0.15) is 32.4 Å². The minimum Gasteiger partial charge on any atom is -0.467 e. The molecule has 3 aromatic rings. The van der Waals surface area contributed by atoms with Gasteiger partial charge in [0.15, 0.2) is 0 Å². The Morgan fingerprint density at radius 2 is 1.77 bits per heavy atom. The fourth-order valence-electron chi connectivity index (χ4n) is 4.10. The van der Waals surface area contributed by atoms with Gasteiger partial charge in [-0.05, 0) is 34.7 Å². The number of fused-ring (bicyclic) bond motifs is 3. The Morgan fingerprint density at radius 3 is 2.42 bits per heavy atom. The Balaban J connectivity index is 1.92. The summed E-state index contributed by atoms with van der Waals surface area (Å²) in [6.45, 7) is 0. The third-order valence-electron chi connectivity index (χ3n) is 5.51. The van der Waals surface area contributed by atoms with Crippen molar-refractivity contribution in [2.75, 3.05) is 20.1 Å². The van der Waals surface area contributed by atoms with Crippen LogP contribution in [0.4, 0.5) is 0 Å². The highest BCUT2D eigenvalue weighted by molar-refractivity contribution is 7.19. The molecule has 1 aromatic heterocycles. The highest BCUT2D eigenvalue weighted by Crippen LogP contribution is 2.46. The van der Waals surface area contributed by atoms with Crippen molar-refractivity contribution in [3.8, 4) is 0 Å². The van der Waals surface area contributed by atoms with Crippen LogP contribution in [0.2, 0.25) is 0 Å². The van der Waals surface area contributed by atoms with E-state index in [1.54, 1.807) is 35.6 Å². The molecular weight excluding hydrogens is 438 g/mol. The Labute approximate surface area is 188 Å². The van der Waals surface area contributed by atoms with Crippen molar-refractivity contribution in [2.45, 2.75) is 18.5 Å². The molecule has 31 heavy (non-hydrogen) atoms. The zero-order chi connectivity index (χ0) is 22.1. The monoisotopic (exact) mass is 457 g/mol. The summed E-state index contributed by atoms with van der Waals surface area (Å²) in [5.41, 5.74) is 2.20. The predicted octanol–water partition coefficient (Wildman–Crippen LogP) is 3.94. The molecule has 2 aromatic carbocycles. The molecule has 0 spiro atoms. The van der Waals surface area contributed by atoms with E-state index in [9.17, 15) is 14.4 Å². The van der Waals surface area contributed by atoms with Crippen molar-refractivity contribution in [1.29, 1.82) is 0 Å². The van der Waals surface area contributed by atoms with Crippen LogP contribution < -0.4 is 0 Å². The summed E-state index contributed by atoms with van der Waals surface area (Å²) in [6.07, 6.45) is 0.353. The van der Waals surface area contributed by atoms with Crippen molar-refractivity contribution in [2.24, 2.45) is 0 Å². The number of halogens is 1. The van der Waals surface area contributed by atoms with Crippen LogP contribution in [0, 0.1) is 0 Å². The maximum atomic E-state index is 12.9. The first-order valence-corrected chi connectivity index (χ1v) is 11.0. The number of esters is 2. The van der Waals surface area contributed by atoms with Crippen molar-refractivity contribution in [3.05, 3.63) is 70.1 Å². The van der Waals surface area contributed by atoms with Gasteiger partial charge in [-0.15, -0.1) is 22.9 Å². The minimum atomic E-state index is -0.799. The number of hydrogen-bond donors (Lipinski definition) is 0. The van der Waals surface area contributed by atoms with Gasteiger partial charge in [-0.2, -0.15) is 0 Å². The lowest BCUT2D eigenvalue weighted by atomic mass is 9.88. The summed E-state index contributed by atoms with van der Waals surface area (Å²) >= 11 is 7.53. The summed E-state index contributed by atoms with van der Waals surface area (Å²) < 4.78 is 10.9. The molecule has 0 radical (unpaired) electrons. The van der Waals surface area contributed by atoms with Crippen LogP contribution in [-0.4, -0.2) is 48.9 Å². The molecular formula is C23H20ClNO5S. The van der Waals surface area contributed by atoms with Crippen LogP contribution in [0.25, 0.3) is 10.1 Å². The first-order chi connectivity index (χ1) is 15.0. The number of amides is 1. The lowest BCUT2D eigenvalue weighted by molar-refractivity contribution is -0.154. The molecule has 6 nitrogen and oxygen atoms in total. The van der Waals surface area contributed by atoms with Crippen LogP contribution in [-0.2, 0) is 25.5 Å². The molecule has 0 bridgehead atoms. The Bertz CT molecular complexity index is 1160. The summed E-state index contributed by atoms with van der Waals surface area (Å²) in [5, 5.41) is 1.06. The van der Waals surface area contributed by atoms with Crippen molar-refractivity contribution >= 4 is 50.9 Å². The topological polar surface area (TPSA) is 72.9 Å².